The van der Waals surface area contributed by atoms with Crippen LogP contribution in [0.2, 0.25) is 10.0 Å². The molecule has 0 aliphatic carbocycles. The van der Waals surface area contributed by atoms with Crippen LogP contribution in [0.3, 0.4) is 0 Å². The van der Waals surface area contributed by atoms with Crippen LogP contribution < -0.4 is 5.32 Å². The molecule has 4 rings (SSSR count). The Morgan fingerprint density at radius 2 is 1.55 bits per heavy atom. The van der Waals surface area contributed by atoms with E-state index in [9.17, 15) is 13.2 Å². The average Bonchev–Trinajstić information content (AvgIpc) is 2.96. The van der Waals surface area contributed by atoms with Gasteiger partial charge >= 0.3 is 0 Å². The Bertz CT molecular complexity index is 1030. The van der Waals surface area contributed by atoms with Crippen molar-refractivity contribution in [2.24, 2.45) is 0 Å². The van der Waals surface area contributed by atoms with Crippen molar-refractivity contribution in [2.75, 3.05) is 6.26 Å². The molecule has 2 saturated heterocycles. The van der Waals surface area contributed by atoms with Gasteiger partial charge in [-0.1, -0.05) is 41.4 Å². The summed E-state index contributed by atoms with van der Waals surface area (Å²) in [7, 11) is -3.20. The van der Waals surface area contributed by atoms with Crippen LogP contribution in [0.25, 0.3) is 11.1 Å². The highest BCUT2D eigenvalue weighted by atomic mass is 35.5. The molecule has 2 aliphatic heterocycles. The van der Waals surface area contributed by atoms with Gasteiger partial charge in [0.1, 0.15) is 0 Å². The van der Waals surface area contributed by atoms with Crippen LogP contribution in [-0.2, 0) is 10.0 Å². The van der Waals surface area contributed by atoms with Crippen LogP contribution in [-0.4, -0.2) is 43.0 Å². The van der Waals surface area contributed by atoms with Gasteiger partial charge in [-0.05, 0) is 61.1 Å². The Morgan fingerprint density at radius 3 is 2.10 bits per heavy atom. The number of carbonyl (C=O) groups excluding carboxylic acids is 1. The number of rotatable bonds is 4. The predicted molar refractivity (Wildman–Crippen MR) is 116 cm³/mol. The number of benzene rings is 2. The zero-order valence-electron chi connectivity index (χ0n) is 15.9. The fraction of sp³-hybridized carbons (Fsp3) is 0.381. The first-order chi connectivity index (χ1) is 13.7. The van der Waals surface area contributed by atoms with E-state index in [4.69, 9.17) is 23.2 Å². The molecule has 2 heterocycles. The lowest BCUT2D eigenvalue weighted by molar-refractivity contribution is 0.0909. The van der Waals surface area contributed by atoms with Gasteiger partial charge in [-0.15, -0.1) is 0 Å². The van der Waals surface area contributed by atoms with E-state index in [1.807, 2.05) is 18.2 Å². The summed E-state index contributed by atoms with van der Waals surface area (Å²) in [5.74, 6) is -0.136. The summed E-state index contributed by atoms with van der Waals surface area (Å²) in [6.45, 7) is 0. The molecule has 2 atom stereocenters. The van der Waals surface area contributed by atoms with E-state index >= 15 is 0 Å². The number of hydrogen-bond acceptors (Lipinski definition) is 3. The Balaban J connectivity index is 1.43. The number of fused-ring (bicyclic) bond motifs is 2. The zero-order valence-corrected chi connectivity index (χ0v) is 18.3. The second kappa shape index (κ2) is 7.91. The molecule has 154 valence electrons. The van der Waals surface area contributed by atoms with Crippen LogP contribution in [0, 0.1) is 0 Å². The maximum Gasteiger partial charge on any atom is 0.251 e. The van der Waals surface area contributed by atoms with Gasteiger partial charge in [-0.2, -0.15) is 4.31 Å². The largest absolute Gasteiger partial charge is 0.349 e. The Kier molecular flexibility index (Phi) is 5.64. The number of nitrogens with zero attached hydrogens (tertiary/aromatic N) is 1. The molecule has 0 radical (unpaired) electrons. The lowest BCUT2D eigenvalue weighted by Gasteiger charge is -2.37. The number of nitrogens with one attached hydrogen (secondary N) is 1. The number of amides is 1. The Hall–Kier alpha value is -1.60. The van der Waals surface area contributed by atoms with Gasteiger partial charge in [-0.25, -0.2) is 8.42 Å². The number of hydrogen-bond donors (Lipinski definition) is 1. The molecule has 2 aromatic rings. The fourth-order valence-corrected chi connectivity index (χ4v) is 6.32. The number of piperidine rings is 1. The zero-order chi connectivity index (χ0) is 20.8. The topological polar surface area (TPSA) is 66.5 Å². The molecule has 1 N–H and O–H groups in total. The SMILES string of the molecule is CS(=O)(=O)N1C2CCC1CC(NC(=O)c1ccc(-c3ccc(Cl)c(Cl)c3)cc1)C2. The van der Waals surface area contributed by atoms with Crippen molar-refractivity contribution in [3.8, 4) is 11.1 Å². The molecule has 29 heavy (non-hydrogen) atoms. The van der Waals surface area contributed by atoms with Gasteiger partial charge in [0.2, 0.25) is 10.0 Å². The molecule has 1 amide bonds. The van der Waals surface area contributed by atoms with E-state index in [-0.39, 0.29) is 24.0 Å². The van der Waals surface area contributed by atoms with Gasteiger partial charge in [0.15, 0.2) is 0 Å². The van der Waals surface area contributed by atoms with Gasteiger partial charge in [0.25, 0.3) is 5.91 Å². The molecular formula is C21H22Cl2N2O3S. The molecule has 0 aromatic heterocycles. The molecular weight excluding hydrogens is 431 g/mol. The highest BCUT2D eigenvalue weighted by molar-refractivity contribution is 7.88. The summed E-state index contributed by atoms with van der Waals surface area (Å²) in [6, 6.07) is 12.7. The van der Waals surface area contributed by atoms with E-state index in [0.717, 1.165) is 24.0 Å². The van der Waals surface area contributed by atoms with E-state index in [1.54, 1.807) is 28.6 Å². The summed E-state index contributed by atoms with van der Waals surface area (Å²) < 4.78 is 25.7. The first-order valence-corrected chi connectivity index (χ1v) is 12.2. The molecule has 2 bridgehead atoms. The smallest absolute Gasteiger partial charge is 0.251 e. The van der Waals surface area contributed by atoms with E-state index in [0.29, 0.717) is 28.5 Å². The quantitative estimate of drug-likeness (QED) is 0.749. The van der Waals surface area contributed by atoms with E-state index < -0.39 is 10.0 Å². The van der Waals surface area contributed by atoms with Crippen LogP contribution in [0.5, 0.6) is 0 Å². The summed E-state index contributed by atoms with van der Waals surface area (Å²) in [5, 5.41) is 4.07. The standard InChI is InChI=1S/C21H22Cl2N2O3S/c1-29(27,28)25-17-7-8-18(25)12-16(11-17)24-21(26)14-4-2-13(3-5-14)15-6-9-19(22)20(23)10-15/h2-6,9-10,16-18H,7-8,11-12H2,1H3,(H,24,26). The Labute approximate surface area is 181 Å². The van der Waals surface area contributed by atoms with Crippen molar-refractivity contribution >= 4 is 39.1 Å². The molecule has 2 fully saturated rings. The summed E-state index contributed by atoms with van der Waals surface area (Å²) in [5.41, 5.74) is 2.45. The third-order valence-electron chi connectivity index (χ3n) is 5.78. The molecule has 2 aromatic carbocycles. The van der Waals surface area contributed by atoms with Gasteiger partial charge in [0.05, 0.1) is 16.3 Å². The van der Waals surface area contributed by atoms with Crippen LogP contribution >= 0.6 is 23.2 Å². The minimum atomic E-state index is -3.20. The highest BCUT2D eigenvalue weighted by Gasteiger charge is 2.45. The maximum absolute atomic E-state index is 12.7. The van der Waals surface area contributed by atoms with Crippen molar-refractivity contribution in [3.63, 3.8) is 0 Å². The minimum absolute atomic E-state index is 0.00671. The first kappa shape index (κ1) is 20.7. The molecule has 5 nitrogen and oxygen atoms in total. The van der Waals surface area contributed by atoms with Crippen molar-refractivity contribution < 1.29 is 13.2 Å². The fourth-order valence-electron chi connectivity index (χ4n) is 4.55. The number of sulfonamides is 1. The minimum Gasteiger partial charge on any atom is -0.349 e. The third-order valence-corrected chi connectivity index (χ3v) is 7.89. The van der Waals surface area contributed by atoms with E-state index in [1.165, 1.54) is 6.26 Å². The average molecular weight is 453 g/mol. The highest BCUT2D eigenvalue weighted by Crippen LogP contribution is 2.37. The molecule has 0 saturated carbocycles. The second-order valence-electron chi connectivity index (χ2n) is 7.83. The normalized spacial score (nSPS) is 24.4. The first-order valence-electron chi connectivity index (χ1n) is 9.57. The molecule has 2 unspecified atom stereocenters. The predicted octanol–water partition coefficient (Wildman–Crippen LogP) is 4.35. The molecule has 8 heteroatoms. The van der Waals surface area contributed by atoms with Crippen molar-refractivity contribution in [1.82, 2.24) is 9.62 Å². The molecule has 2 aliphatic rings. The van der Waals surface area contributed by atoms with Crippen LogP contribution in [0.15, 0.2) is 42.5 Å². The van der Waals surface area contributed by atoms with Gasteiger partial charge in [-0.3, -0.25) is 4.79 Å². The lowest BCUT2D eigenvalue weighted by Crippen LogP contribution is -2.52. The van der Waals surface area contributed by atoms with E-state index in [2.05, 4.69) is 5.32 Å². The monoisotopic (exact) mass is 452 g/mol. The summed E-state index contributed by atoms with van der Waals surface area (Å²) >= 11 is 12.0. The van der Waals surface area contributed by atoms with Crippen molar-refractivity contribution in [3.05, 3.63) is 58.1 Å². The van der Waals surface area contributed by atoms with Gasteiger partial charge in [0, 0.05) is 23.7 Å². The Morgan fingerprint density at radius 1 is 0.966 bits per heavy atom. The van der Waals surface area contributed by atoms with Crippen molar-refractivity contribution in [1.29, 1.82) is 0 Å². The van der Waals surface area contributed by atoms with Crippen LogP contribution in [0.4, 0.5) is 0 Å². The summed E-state index contributed by atoms with van der Waals surface area (Å²) in [4.78, 5) is 12.7. The summed E-state index contributed by atoms with van der Waals surface area (Å²) in [6.07, 6.45) is 4.32. The van der Waals surface area contributed by atoms with Crippen LogP contribution in [0.1, 0.15) is 36.0 Å². The van der Waals surface area contributed by atoms with Gasteiger partial charge < -0.3 is 5.32 Å². The number of carbonyl (C=O) groups is 1. The third kappa shape index (κ3) is 4.31. The second-order valence-corrected chi connectivity index (χ2v) is 10.5. The number of halogens is 2. The maximum atomic E-state index is 12.7. The lowest BCUT2D eigenvalue weighted by atomic mass is 9.99. The van der Waals surface area contributed by atoms with Crippen molar-refractivity contribution in [2.45, 2.75) is 43.8 Å². The molecule has 0 spiro atoms.